The Kier molecular flexibility index (Phi) is 6.88. The van der Waals surface area contributed by atoms with Crippen LogP contribution in [0.3, 0.4) is 0 Å². The minimum absolute atomic E-state index is 0.115. The number of nitrogens with one attached hydrogen (secondary N) is 2. The molecular formula is C21H24N6O5. The van der Waals surface area contributed by atoms with Gasteiger partial charge in [-0.05, 0) is 49.4 Å². The van der Waals surface area contributed by atoms with Crippen molar-refractivity contribution in [1.29, 1.82) is 0 Å². The number of aromatic amines is 1. The highest BCUT2D eigenvalue weighted by molar-refractivity contribution is 5.96. The van der Waals surface area contributed by atoms with Crippen molar-refractivity contribution in [3.63, 3.8) is 0 Å². The van der Waals surface area contributed by atoms with Crippen molar-refractivity contribution in [1.82, 2.24) is 20.3 Å². The Labute approximate surface area is 182 Å². The molecule has 2 heterocycles. The Morgan fingerprint density at radius 1 is 1.06 bits per heavy atom. The number of nitrogen functional groups attached to an aromatic ring is 2. The Hall–Kier alpha value is -4.15. The number of H-pyrrole nitrogens is 1. The van der Waals surface area contributed by atoms with E-state index in [0.29, 0.717) is 17.0 Å². The fourth-order valence-electron chi connectivity index (χ4n) is 3.31. The van der Waals surface area contributed by atoms with E-state index in [1.54, 1.807) is 24.3 Å². The van der Waals surface area contributed by atoms with Crippen molar-refractivity contribution in [2.75, 3.05) is 11.5 Å². The van der Waals surface area contributed by atoms with E-state index in [2.05, 4.69) is 20.3 Å². The van der Waals surface area contributed by atoms with E-state index < -0.39 is 23.9 Å². The van der Waals surface area contributed by atoms with Gasteiger partial charge in [-0.25, -0.2) is 4.79 Å². The molecule has 1 atom stereocenters. The van der Waals surface area contributed by atoms with E-state index in [-0.39, 0.29) is 18.8 Å². The number of benzene rings is 1. The second-order valence-corrected chi connectivity index (χ2v) is 7.37. The van der Waals surface area contributed by atoms with E-state index in [1.165, 1.54) is 0 Å². The average Bonchev–Trinajstić information content (AvgIpc) is 3.14. The quantitative estimate of drug-likeness (QED) is 0.269. The lowest BCUT2D eigenvalue weighted by Gasteiger charge is -2.13. The molecule has 2 aromatic heterocycles. The van der Waals surface area contributed by atoms with E-state index in [1.807, 2.05) is 6.07 Å². The molecule has 0 aliphatic rings. The van der Waals surface area contributed by atoms with Crippen LogP contribution in [0, 0.1) is 0 Å². The van der Waals surface area contributed by atoms with Crippen LogP contribution in [0.25, 0.3) is 11.0 Å². The molecule has 8 N–H and O–H groups in total. The lowest BCUT2D eigenvalue weighted by Crippen LogP contribution is -2.41. The zero-order valence-corrected chi connectivity index (χ0v) is 17.2. The van der Waals surface area contributed by atoms with Crippen molar-refractivity contribution in [2.45, 2.75) is 38.1 Å². The molecule has 1 aromatic carbocycles. The zero-order valence-electron chi connectivity index (χ0n) is 17.2. The summed E-state index contributed by atoms with van der Waals surface area (Å²) in [6, 6.07) is 7.48. The summed E-state index contributed by atoms with van der Waals surface area (Å²) in [6.07, 6.45) is 1.81. The molecule has 3 rings (SSSR count). The first-order chi connectivity index (χ1) is 15.2. The third-order valence-corrected chi connectivity index (χ3v) is 4.97. The van der Waals surface area contributed by atoms with Crippen LogP contribution in [-0.4, -0.2) is 49.1 Å². The molecule has 0 bridgehead atoms. The number of carbonyl (C=O) groups is 3. The molecule has 168 valence electrons. The number of aryl methyl sites for hydroxylation is 2. The van der Waals surface area contributed by atoms with Gasteiger partial charge >= 0.3 is 11.9 Å². The smallest absolute Gasteiger partial charge is 0.326 e. The predicted octanol–water partition coefficient (Wildman–Crippen LogP) is 1.35. The number of carboxylic acid groups (broad SMARTS) is 2. The van der Waals surface area contributed by atoms with Crippen LogP contribution >= 0.6 is 0 Å². The van der Waals surface area contributed by atoms with Gasteiger partial charge in [-0.3, -0.25) is 9.59 Å². The maximum absolute atomic E-state index is 12.3. The Bertz CT molecular complexity index is 1140. The number of hydrogen-bond acceptors (Lipinski definition) is 7. The molecule has 11 nitrogen and oxygen atoms in total. The largest absolute Gasteiger partial charge is 0.481 e. The molecule has 0 spiro atoms. The van der Waals surface area contributed by atoms with Crippen molar-refractivity contribution in [3.8, 4) is 0 Å². The van der Waals surface area contributed by atoms with Crippen molar-refractivity contribution < 1.29 is 24.6 Å². The number of aliphatic carboxylic acids is 2. The van der Waals surface area contributed by atoms with E-state index in [9.17, 15) is 14.4 Å². The number of rotatable bonds is 10. The first kappa shape index (κ1) is 22.5. The number of carbonyl (C=O) groups excluding carboxylic acids is 1. The van der Waals surface area contributed by atoms with Gasteiger partial charge in [0.05, 0.1) is 5.39 Å². The van der Waals surface area contributed by atoms with Gasteiger partial charge in [0, 0.05) is 17.7 Å². The molecule has 1 amide bonds. The summed E-state index contributed by atoms with van der Waals surface area (Å²) < 4.78 is 0. The fraction of sp³-hybridized carbons (Fsp3) is 0.286. The fourth-order valence-corrected chi connectivity index (χ4v) is 3.31. The van der Waals surface area contributed by atoms with Gasteiger partial charge in [0.25, 0.3) is 5.91 Å². The number of anilines is 2. The summed E-state index contributed by atoms with van der Waals surface area (Å²) >= 11 is 0. The maximum Gasteiger partial charge on any atom is 0.326 e. The van der Waals surface area contributed by atoms with Crippen LogP contribution in [0.15, 0.2) is 30.3 Å². The summed E-state index contributed by atoms with van der Waals surface area (Å²) in [5.41, 5.74) is 14.4. The van der Waals surface area contributed by atoms with E-state index >= 15 is 0 Å². The molecule has 32 heavy (non-hydrogen) atoms. The molecule has 0 unspecified atom stereocenters. The number of carboxylic acids is 2. The second-order valence-electron chi connectivity index (χ2n) is 7.37. The summed E-state index contributed by atoms with van der Waals surface area (Å²) in [4.78, 5) is 45.4. The average molecular weight is 440 g/mol. The number of hydrogen-bond donors (Lipinski definition) is 6. The van der Waals surface area contributed by atoms with Gasteiger partial charge in [0.15, 0.2) is 0 Å². The van der Waals surface area contributed by atoms with Crippen LogP contribution < -0.4 is 16.8 Å². The highest BCUT2D eigenvalue weighted by Gasteiger charge is 2.21. The molecular weight excluding hydrogens is 416 g/mol. The lowest BCUT2D eigenvalue weighted by atomic mass is 10.0. The predicted molar refractivity (Wildman–Crippen MR) is 117 cm³/mol. The number of nitrogens with zero attached hydrogens (tertiary/aromatic N) is 2. The monoisotopic (exact) mass is 440 g/mol. The Morgan fingerprint density at radius 2 is 1.78 bits per heavy atom. The molecule has 0 saturated carbocycles. The number of amides is 1. The molecule has 0 aliphatic heterocycles. The molecule has 3 aromatic rings. The van der Waals surface area contributed by atoms with E-state index in [4.69, 9.17) is 21.7 Å². The van der Waals surface area contributed by atoms with Crippen LogP contribution in [0.5, 0.6) is 0 Å². The first-order valence-corrected chi connectivity index (χ1v) is 9.98. The van der Waals surface area contributed by atoms with Gasteiger partial charge in [-0.2, -0.15) is 9.97 Å². The van der Waals surface area contributed by atoms with E-state index in [0.717, 1.165) is 35.9 Å². The summed E-state index contributed by atoms with van der Waals surface area (Å²) in [5.74, 6) is -2.52. The SMILES string of the molecule is Nc1nc(N)c2cc(CCCc3ccc(C(=O)N[C@@H](CCC(=O)O)C(=O)O)cc3)[nH]c2n1. The third-order valence-electron chi connectivity index (χ3n) is 4.97. The van der Waals surface area contributed by atoms with Gasteiger partial charge in [0.2, 0.25) is 5.95 Å². The summed E-state index contributed by atoms with van der Waals surface area (Å²) in [5, 5.41) is 21.0. The van der Waals surface area contributed by atoms with Crippen LogP contribution in [-0.2, 0) is 22.4 Å². The third kappa shape index (κ3) is 5.72. The first-order valence-electron chi connectivity index (χ1n) is 9.98. The van der Waals surface area contributed by atoms with Crippen LogP contribution in [0.1, 0.15) is 40.9 Å². The topological polar surface area (TPSA) is 197 Å². The molecule has 0 radical (unpaired) electrons. The minimum Gasteiger partial charge on any atom is -0.481 e. The van der Waals surface area contributed by atoms with Gasteiger partial charge in [0.1, 0.15) is 17.5 Å². The van der Waals surface area contributed by atoms with Crippen molar-refractivity contribution >= 4 is 40.6 Å². The number of aromatic nitrogens is 3. The highest BCUT2D eigenvalue weighted by atomic mass is 16.4. The Morgan fingerprint density at radius 3 is 2.44 bits per heavy atom. The number of nitrogens with two attached hydrogens (primary N) is 2. The standard InChI is InChI=1S/C21H24N6O5/c22-17-14-10-13(24-18(14)27-21(23)26-17)3-1-2-11-4-6-12(7-5-11)19(30)25-15(20(31)32)8-9-16(28)29/h4-7,10,15H,1-3,8-9H2,(H,25,30)(H,28,29)(H,31,32)(H5,22,23,24,26,27)/t15-/m0/s1. The molecule has 0 aliphatic carbocycles. The second kappa shape index (κ2) is 9.77. The Balaban J connectivity index is 1.54. The maximum atomic E-state index is 12.3. The van der Waals surface area contributed by atoms with Gasteiger partial charge in [-0.15, -0.1) is 0 Å². The van der Waals surface area contributed by atoms with Gasteiger partial charge in [-0.1, -0.05) is 12.1 Å². The zero-order chi connectivity index (χ0) is 23.3. The molecule has 0 fully saturated rings. The number of fused-ring (bicyclic) bond motifs is 1. The highest BCUT2D eigenvalue weighted by Crippen LogP contribution is 2.21. The molecule has 0 saturated heterocycles. The summed E-state index contributed by atoms with van der Waals surface area (Å²) in [6.45, 7) is 0. The van der Waals surface area contributed by atoms with Crippen LogP contribution in [0.2, 0.25) is 0 Å². The van der Waals surface area contributed by atoms with Crippen molar-refractivity contribution in [2.24, 2.45) is 0 Å². The minimum atomic E-state index is -1.27. The lowest BCUT2D eigenvalue weighted by molar-refractivity contribution is -0.140. The van der Waals surface area contributed by atoms with Gasteiger partial charge < -0.3 is 32.0 Å². The summed E-state index contributed by atoms with van der Waals surface area (Å²) in [7, 11) is 0. The molecule has 11 heteroatoms. The van der Waals surface area contributed by atoms with Crippen LogP contribution in [0.4, 0.5) is 11.8 Å². The normalized spacial score (nSPS) is 11.9. The van der Waals surface area contributed by atoms with Crippen molar-refractivity contribution in [3.05, 3.63) is 47.2 Å².